The van der Waals surface area contributed by atoms with E-state index in [1.807, 2.05) is 12.2 Å². The molecule has 2 heteroatoms. The Morgan fingerprint density at radius 1 is 1.56 bits per heavy atom. The lowest BCUT2D eigenvalue weighted by molar-refractivity contribution is 0.521. The second-order valence-corrected chi connectivity index (χ2v) is 2.83. The van der Waals surface area contributed by atoms with Gasteiger partial charge in [-0.1, -0.05) is 12.2 Å². The van der Waals surface area contributed by atoms with Crippen LogP contribution in [-0.2, 0) is 0 Å². The third-order valence-corrected chi connectivity index (χ3v) is 1.26. The first kappa shape index (κ1) is 6.20. The molecule has 3 N–H and O–H groups in total. The normalized spacial score (nSPS) is 22.7. The van der Waals surface area contributed by atoms with E-state index >= 15 is 0 Å². The molecule has 0 aromatic heterocycles. The number of nitrogens with two attached hydrogens (primary N) is 1. The number of dihydropyridines is 1. The molecule has 1 aliphatic heterocycles. The topological polar surface area (TPSA) is 38.0 Å². The molecule has 1 aliphatic rings. The molecule has 0 aliphatic carbocycles. The molecule has 0 saturated heterocycles. The fraction of sp³-hybridized carbons (Fsp3) is 0.429. The molecule has 0 unspecified atom stereocenters. The van der Waals surface area contributed by atoms with E-state index in [1.165, 1.54) is 0 Å². The third-order valence-electron chi connectivity index (χ3n) is 1.26. The van der Waals surface area contributed by atoms with Gasteiger partial charge in [0.15, 0.2) is 0 Å². The largest absolute Gasteiger partial charge is 0.386 e. The van der Waals surface area contributed by atoms with Crippen LogP contribution in [0.25, 0.3) is 0 Å². The molecule has 0 fully saturated rings. The Kier molecular flexibility index (Phi) is 1.24. The monoisotopic (exact) mass is 124 g/mol. The van der Waals surface area contributed by atoms with Crippen LogP contribution in [0.5, 0.6) is 0 Å². The van der Waals surface area contributed by atoms with Gasteiger partial charge in [0.05, 0.1) is 11.4 Å². The van der Waals surface area contributed by atoms with Gasteiger partial charge in [-0.25, -0.2) is 0 Å². The molecule has 0 saturated carbocycles. The standard InChI is InChI=1S/C7H12N2/c1-7(2)5-3-4-6(8)9-7/h3-5,9H,8H2,1-2H3. The summed E-state index contributed by atoms with van der Waals surface area (Å²) in [7, 11) is 0. The maximum atomic E-state index is 5.51. The predicted octanol–water partition coefficient (Wildman–Crippen LogP) is 0.725. The van der Waals surface area contributed by atoms with Crippen molar-refractivity contribution in [3.05, 3.63) is 24.0 Å². The molecule has 0 aromatic rings. The first-order valence-electron chi connectivity index (χ1n) is 3.03. The second kappa shape index (κ2) is 1.79. The smallest absolute Gasteiger partial charge is 0.0966 e. The van der Waals surface area contributed by atoms with Crippen LogP contribution in [0, 0.1) is 0 Å². The van der Waals surface area contributed by atoms with Crippen molar-refractivity contribution in [3.63, 3.8) is 0 Å². The SMILES string of the molecule is CC1(C)C=CC=C(N)N1. The van der Waals surface area contributed by atoms with Crippen molar-refractivity contribution in [2.24, 2.45) is 5.73 Å². The predicted molar refractivity (Wildman–Crippen MR) is 38.6 cm³/mol. The Hall–Kier alpha value is -0.920. The molecule has 0 amide bonds. The van der Waals surface area contributed by atoms with Gasteiger partial charge in [-0.05, 0) is 19.9 Å². The summed E-state index contributed by atoms with van der Waals surface area (Å²) in [5.74, 6) is 0.738. The lowest BCUT2D eigenvalue weighted by atomic mass is 10.0. The van der Waals surface area contributed by atoms with Gasteiger partial charge in [-0.15, -0.1) is 0 Å². The average Bonchev–Trinajstić information content (AvgIpc) is 1.60. The molecule has 9 heavy (non-hydrogen) atoms. The highest BCUT2D eigenvalue weighted by molar-refractivity contribution is 5.21. The van der Waals surface area contributed by atoms with Crippen molar-refractivity contribution in [2.75, 3.05) is 0 Å². The van der Waals surface area contributed by atoms with Gasteiger partial charge >= 0.3 is 0 Å². The molecular weight excluding hydrogens is 112 g/mol. The molecule has 1 heterocycles. The highest BCUT2D eigenvalue weighted by Crippen LogP contribution is 2.09. The minimum absolute atomic E-state index is 0.0266. The average molecular weight is 124 g/mol. The van der Waals surface area contributed by atoms with E-state index in [0.29, 0.717) is 0 Å². The number of hydrogen-bond acceptors (Lipinski definition) is 2. The molecule has 0 spiro atoms. The van der Waals surface area contributed by atoms with Gasteiger partial charge in [0, 0.05) is 0 Å². The summed E-state index contributed by atoms with van der Waals surface area (Å²) in [6.45, 7) is 4.15. The van der Waals surface area contributed by atoms with Gasteiger partial charge in [0.2, 0.25) is 0 Å². The lowest BCUT2D eigenvalue weighted by Gasteiger charge is -2.25. The van der Waals surface area contributed by atoms with E-state index in [9.17, 15) is 0 Å². The number of hydrogen-bond donors (Lipinski definition) is 2. The second-order valence-electron chi connectivity index (χ2n) is 2.83. The van der Waals surface area contributed by atoms with Gasteiger partial charge in [-0.2, -0.15) is 0 Å². The van der Waals surface area contributed by atoms with E-state index in [1.54, 1.807) is 0 Å². The summed E-state index contributed by atoms with van der Waals surface area (Å²) in [4.78, 5) is 0. The molecule has 0 aromatic carbocycles. The van der Waals surface area contributed by atoms with Crippen molar-refractivity contribution in [3.8, 4) is 0 Å². The maximum Gasteiger partial charge on any atom is 0.0966 e. The van der Waals surface area contributed by atoms with E-state index in [-0.39, 0.29) is 5.54 Å². The van der Waals surface area contributed by atoms with Crippen LogP contribution in [0.1, 0.15) is 13.8 Å². The third kappa shape index (κ3) is 1.49. The Bertz CT molecular complexity index is 166. The Labute approximate surface area is 55.4 Å². The van der Waals surface area contributed by atoms with Crippen molar-refractivity contribution in [1.82, 2.24) is 5.32 Å². The zero-order valence-electron chi connectivity index (χ0n) is 5.81. The highest BCUT2D eigenvalue weighted by Gasteiger charge is 2.14. The van der Waals surface area contributed by atoms with Crippen LogP contribution < -0.4 is 11.1 Å². The zero-order valence-corrected chi connectivity index (χ0v) is 5.81. The molecule has 0 bridgehead atoms. The molecule has 0 radical (unpaired) electrons. The van der Waals surface area contributed by atoms with E-state index in [0.717, 1.165) is 5.82 Å². The quantitative estimate of drug-likeness (QED) is 0.499. The zero-order chi connectivity index (χ0) is 6.91. The molecule has 1 rings (SSSR count). The van der Waals surface area contributed by atoms with E-state index in [4.69, 9.17) is 5.73 Å². The summed E-state index contributed by atoms with van der Waals surface area (Å²) in [6, 6.07) is 0. The first-order valence-corrected chi connectivity index (χ1v) is 3.03. The lowest BCUT2D eigenvalue weighted by Crippen LogP contribution is -2.40. The summed E-state index contributed by atoms with van der Waals surface area (Å²) in [5, 5.41) is 3.11. The number of allylic oxidation sites excluding steroid dienone is 2. The molecule has 2 nitrogen and oxygen atoms in total. The fourth-order valence-electron chi connectivity index (χ4n) is 0.848. The number of nitrogens with one attached hydrogen (secondary N) is 1. The van der Waals surface area contributed by atoms with Crippen LogP contribution in [-0.4, -0.2) is 5.54 Å². The number of rotatable bonds is 0. The molecule has 0 atom stereocenters. The first-order chi connectivity index (χ1) is 4.10. The minimum atomic E-state index is 0.0266. The summed E-state index contributed by atoms with van der Waals surface area (Å²) < 4.78 is 0. The van der Waals surface area contributed by atoms with Gasteiger partial charge < -0.3 is 11.1 Å². The van der Waals surface area contributed by atoms with Crippen molar-refractivity contribution in [1.29, 1.82) is 0 Å². The highest BCUT2D eigenvalue weighted by atomic mass is 15.0. The fourth-order valence-corrected chi connectivity index (χ4v) is 0.848. The van der Waals surface area contributed by atoms with Crippen molar-refractivity contribution in [2.45, 2.75) is 19.4 Å². The summed E-state index contributed by atoms with van der Waals surface area (Å²) >= 11 is 0. The summed E-state index contributed by atoms with van der Waals surface area (Å²) in [5.41, 5.74) is 5.54. The van der Waals surface area contributed by atoms with E-state index in [2.05, 4.69) is 25.2 Å². The van der Waals surface area contributed by atoms with Crippen molar-refractivity contribution >= 4 is 0 Å². The Balaban J connectivity index is 2.73. The Morgan fingerprint density at radius 3 is 2.56 bits per heavy atom. The van der Waals surface area contributed by atoms with Crippen molar-refractivity contribution < 1.29 is 0 Å². The maximum absolute atomic E-state index is 5.51. The van der Waals surface area contributed by atoms with Gasteiger partial charge in [0.1, 0.15) is 0 Å². The molecular formula is C7H12N2. The van der Waals surface area contributed by atoms with Gasteiger partial charge in [-0.3, -0.25) is 0 Å². The molecule has 50 valence electrons. The van der Waals surface area contributed by atoms with Gasteiger partial charge in [0.25, 0.3) is 0 Å². The van der Waals surface area contributed by atoms with Crippen LogP contribution in [0.3, 0.4) is 0 Å². The van der Waals surface area contributed by atoms with E-state index < -0.39 is 0 Å². The minimum Gasteiger partial charge on any atom is -0.386 e. The van der Waals surface area contributed by atoms with Crippen LogP contribution in [0.15, 0.2) is 24.0 Å². The van der Waals surface area contributed by atoms with Crippen LogP contribution >= 0.6 is 0 Å². The van der Waals surface area contributed by atoms with Crippen LogP contribution in [0.4, 0.5) is 0 Å². The Morgan fingerprint density at radius 2 is 2.22 bits per heavy atom. The van der Waals surface area contributed by atoms with Crippen LogP contribution in [0.2, 0.25) is 0 Å². The summed E-state index contributed by atoms with van der Waals surface area (Å²) in [6.07, 6.45) is 5.89.